The van der Waals surface area contributed by atoms with Gasteiger partial charge in [-0.15, -0.1) is 0 Å². The zero-order valence-electron chi connectivity index (χ0n) is 8.19. The van der Waals surface area contributed by atoms with Crippen molar-refractivity contribution in [3.63, 3.8) is 0 Å². The van der Waals surface area contributed by atoms with Gasteiger partial charge in [-0.25, -0.2) is 9.59 Å². The predicted molar refractivity (Wildman–Crippen MR) is 48.7 cm³/mol. The van der Waals surface area contributed by atoms with Crippen LogP contribution in [0.3, 0.4) is 0 Å². The second-order valence-electron chi connectivity index (χ2n) is 2.86. The summed E-state index contributed by atoms with van der Waals surface area (Å²) >= 11 is 0. The van der Waals surface area contributed by atoms with Crippen molar-refractivity contribution >= 4 is 17.8 Å². The predicted octanol–water partition coefficient (Wildman–Crippen LogP) is -0.853. The highest BCUT2D eigenvalue weighted by molar-refractivity contribution is 5.93. The smallest absolute Gasteiger partial charge is 0.331 e. The molecule has 1 aliphatic rings. The van der Waals surface area contributed by atoms with Crippen LogP contribution in [0.4, 0.5) is 0 Å². The molecule has 82 valence electrons. The van der Waals surface area contributed by atoms with E-state index in [0.29, 0.717) is 13.0 Å². The Morgan fingerprint density at radius 3 is 2.60 bits per heavy atom. The van der Waals surface area contributed by atoms with Gasteiger partial charge in [0.25, 0.3) is 5.91 Å². The van der Waals surface area contributed by atoms with Gasteiger partial charge < -0.3 is 14.8 Å². The fraction of sp³-hybridized carbons (Fsp3) is 0.444. The number of carbonyl (C=O) groups excluding carboxylic acids is 3. The molecule has 15 heavy (non-hydrogen) atoms. The first-order valence-electron chi connectivity index (χ1n) is 4.38. The molecule has 0 aromatic heterocycles. The third-order valence-corrected chi connectivity index (χ3v) is 1.81. The normalized spacial score (nSPS) is 20.1. The first kappa shape index (κ1) is 11.2. The number of ether oxygens (including phenoxy) is 2. The van der Waals surface area contributed by atoms with Gasteiger partial charge >= 0.3 is 11.9 Å². The molecule has 1 fully saturated rings. The summed E-state index contributed by atoms with van der Waals surface area (Å²) in [6.45, 7) is 0.498. The van der Waals surface area contributed by atoms with Crippen molar-refractivity contribution in [1.29, 1.82) is 0 Å². The molecular formula is C9H11NO5. The topological polar surface area (TPSA) is 81.7 Å². The Kier molecular flexibility index (Phi) is 3.84. The Balaban J connectivity index is 2.39. The lowest BCUT2D eigenvalue weighted by molar-refractivity contribution is -0.149. The Hall–Kier alpha value is -1.85. The van der Waals surface area contributed by atoms with Gasteiger partial charge in [0.1, 0.15) is 0 Å². The third kappa shape index (κ3) is 3.41. The molecule has 0 aliphatic carbocycles. The molecule has 6 nitrogen and oxygen atoms in total. The van der Waals surface area contributed by atoms with E-state index in [1.165, 1.54) is 7.11 Å². The molecule has 0 radical (unpaired) electrons. The van der Waals surface area contributed by atoms with Crippen molar-refractivity contribution in [2.24, 2.45) is 0 Å². The monoisotopic (exact) mass is 213 g/mol. The zero-order chi connectivity index (χ0) is 11.3. The first-order valence-corrected chi connectivity index (χ1v) is 4.38. The van der Waals surface area contributed by atoms with Crippen molar-refractivity contribution in [3.8, 4) is 0 Å². The second-order valence-corrected chi connectivity index (χ2v) is 2.86. The summed E-state index contributed by atoms with van der Waals surface area (Å²) in [6, 6.07) is 0. The Labute approximate surface area is 86.2 Å². The quantitative estimate of drug-likeness (QED) is 0.487. The lowest BCUT2D eigenvalue weighted by Crippen LogP contribution is -2.27. The van der Waals surface area contributed by atoms with Crippen LogP contribution in [-0.4, -0.2) is 37.6 Å². The standard InChI is InChI=1S/C9H11NO5/c1-14-7(11)2-3-8(12)15-6-4-5-10-9(6)13/h2-3,6H,4-5H2,1H3,(H,10,13)/b3-2+. The molecule has 1 saturated heterocycles. The summed E-state index contributed by atoms with van der Waals surface area (Å²) in [5.41, 5.74) is 0. The molecule has 6 heteroatoms. The lowest BCUT2D eigenvalue weighted by atomic mass is 10.3. The summed E-state index contributed by atoms with van der Waals surface area (Å²) in [5.74, 6) is -1.69. The highest BCUT2D eigenvalue weighted by Gasteiger charge is 2.26. The van der Waals surface area contributed by atoms with E-state index >= 15 is 0 Å². The van der Waals surface area contributed by atoms with Crippen LogP contribution in [0.5, 0.6) is 0 Å². The van der Waals surface area contributed by atoms with Crippen LogP contribution in [0.1, 0.15) is 6.42 Å². The molecule has 1 N–H and O–H groups in total. The molecule has 1 aliphatic heterocycles. The highest BCUT2D eigenvalue weighted by atomic mass is 16.5. The maximum atomic E-state index is 11.1. The fourth-order valence-electron chi connectivity index (χ4n) is 1.07. The molecule has 0 spiro atoms. The van der Waals surface area contributed by atoms with Crippen molar-refractivity contribution in [2.75, 3.05) is 13.7 Å². The third-order valence-electron chi connectivity index (χ3n) is 1.81. The van der Waals surface area contributed by atoms with Crippen LogP contribution >= 0.6 is 0 Å². The minimum atomic E-state index is -0.750. The van der Waals surface area contributed by atoms with E-state index in [2.05, 4.69) is 10.1 Å². The summed E-state index contributed by atoms with van der Waals surface area (Å²) in [4.78, 5) is 32.7. The van der Waals surface area contributed by atoms with Gasteiger partial charge in [-0.1, -0.05) is 0 Å². The molecule has 0 aromatic carbocycles. The largest absolute Gasteiger partial charge is 0.466 e. The summed E-state index contributed by atoms with van der Waals surface area (Å²) < 4.78 is 9.05. The number of rotatable bonds is 3. The van der Waals surface area contributed by atoms with E-state index in [1.807, 2.05) is 0 Å². The van der Waals surface area contributed by atoms with Crippen LogP contribution in [0.2, 0.25) is 0 Å². The van der Waals surface area contributed by atoms with Crippen LogP contribution in [0, 0.1) is 0 Å². The molecule has 0 aromatic rings. The summed E-state index contributed by atoms with van der Waals surface area (Å²) in [6.07, 6.45) is 1.57. The number of amides is 1. The number of methoxy groups -OCH3 is 1. The number of hydrogen-bond donors (Lipinski definition) is 1. The maximum Gasteiger partial charge on any atom is 0.331 e. The molecule has 1 amide bonds. The van der Waals surface area contributed by atoms with Gasteiger partial charge in [-0.05, 0) is 0 Å². The molecular weight excluding hydrogens is 202 g/mol. The number of carbonyl (C=O) groups is 3. The number of esters is 2. The molecule has 0 bridgehead atoms. The van der Waals surface area contributed by atoms with Gasteiger partial charge in [0.05, 0.1) is 7.11 Å². The average molecular weight is 213 g/mol. The highest BCUT2D eigenvalue weighted by Crippen LogP contribution is 2.05. The Morgan fingerprint density at radius 1 is 1.40 bits per heavy atom. The van der Waals surface area contributed by atoms with E-state index in [1.54, 1.807) is 0 Å². The van der Waals surface area contributed by atoms with Crippen LogP contribution in [-0.2, 0) is 23.9 Å². The van der Waals surface area contributed by atoms with Crippen LogP contribution in [0.15, 0.2) is 12.2 Å². The van der Waals surface area contributed by atoms with Gasteiger partial charge in [0.15, 0.2) is 6.10 Å². The zero-order valence-corrected chi connectivity index (χ0v) is 8.19. The Bertz CT molecular complexity index is 310. The molecule has 1 atom stereocenters. The fourth-order valence-corrected chi connectivity index (χ4v) is 1.07. The summed E-state index contributed by atoms with van der Waals surface area (Å²) in [7, 11) is 1.20. The van der Waals surface area contributed by atoms with Crippen LogP contribution < -0.4 is 5.32 Å². The SMILES string of the molecule is COC(=O)/C=C/C(=O)OC1CCNC1=O. The molecule has 1 unspecified atom stereocenters. The number of nitrogens with one attached hydrogen (secondary N) is 1. The minimum absolute atomic E-state index is 0.310. The van der Waals surface area contributed by atoms with Gasteiger partial charge in [0.2, 0.25) is 0 Å². The van der Waals surface area contributed by atoms with Crippen molar-refractivity contribution in [3.05, 3.63) is 12.2 Å². The minimum Gasteiger partial charge on any atom is -0.466 e. The van der Waals surface area contributed by atoms with Gasteiger partial charge in [0, 0.05) is 25.1 Å². The van der Waals surface area contributed by atoms with Gasteiger partial charge in [-0.2, -0.15) is 0 Å². The van der Waals surface area contributed by atoms with Gasteiger partial charge in [-0.3, -0.25) is 4.79 Å². The molecule has 1 heterocycles. The Morgan fingerprint density at radius 2 is 2.07 bits per heavy atom. The average Bonchev–Trinajstić information content (AvgIpc) is 2.61. The van der Waals surface area contributed by atoms with Crippen molar-refractivity contribution in [1.82, 2.24) is 5.32 Å². The van der Waals surface area contributed by atoms with Crippen molar-refractivity contribution < 1.29 is 23.9 Å². The van der Waals surface area contributed by atoms with Crippen molar-refractivity contribution in [2.45, 2.75) is 12.5 Å². The van der Waals surface area contributed by atoms with E-state index in [-0.39, 0.29) is 5.91 Å². The van der Waals surface area contributed by atoms with Crippen LogP contribution in [0.25, 0.3) is 0 Å². The van der Waals surface area contributed by atoms with E-state index in [0.717, 1.165) is 12.2 Å². The second kappa shape index (κ2) is 5.14. The van der Waals surface area contributed by atoms with E-state index in [4.69, 9.17) is 4.74 Å². The lowest BCUT2D eigenvalue weighted by Gasteiger charge is -2.05. The van der Waals surface area contributed by atoms with E-state index in [9.17, 15) is 14.4 Å². The summed E-state index contributed by atoms with van der Waals surface area (Å²) in [5, 5.41) is 2.52. The number of hydrogen-bond acceptors (Lipinski definition) is 5. The van der Waals surface area contributed by atoms with E-state index < -0.39 is 18.0 Å². The maximum absolute atomic E-state index is 11.1. The first-order chi connectivity index (χ1) is 7.13. The molecule has 0 saturated carbocycles. The molecule has 1 rings (SSSR count).